The normalized spacial score (nSPS) is 14.3. The van der Waals surface area contributed by atoms with Gasteiger partial charge in [-0.15, -0.1) is 0 Å². The van der Waals surface area contributed by atoms with Crippen LogP contribution in [0, 0.1) is 3.57 Å². The smallest absolute Gasteiger partial charge is 0.294 e. The number of carbonyl (C=O) groups excluding carboxylic acids is 3. The number of amides is 3. The maximum Gasteiger partial charge on any atom is 0.294 e. The van der Waals surface area contributed by atoms with Crippen molar-refractivity contribution >= 4 is 86.4 Å². The molecule has 1 saturated heterocycles. The number of methoxy groups -OCH3 is 1. The van der Waals surface area contributed by atoms with Gasteiger partial charge in [0.25, 0.3) is 11.1 Å². The number of anilines is 1. The monoisotopic (exact) mass is 668 g/mol. The van der Waals surface area contributed by atoms with E-state index in [1.807, 2.05) is 24.3 Å². The van der Waals surface area contributed by atoms with E-state index in [2.05, 4.69) is 27.9 Å². The average Bonchev–Trinajstić information content (AvgIpc) is 3.12. The van der Waals surface area contributed by atoms with Crippen LogP contribution in [0.25, 0.3) is 6.08 Å². The van der Waals surface area contributed by atoms with Crippen LogP contribution in [0.5, 0.6) is 11.5 Å². The zero-order valence-corrected chi connectivity index (χ0v) is 23.8. The van der Waals surface area contributed by atoms with Crippen molar-refractivity contribution in [3.63, 3.8) is 0 Å². The minimum absolute atomic E-state index is 0.201. The Labute approximate surface area is 241 Å². The molecular weight excluding hydrogens is 650 g/mol. The number of rotatable bonds is 8. The van der Waals surface area contributed by atoms with Gasteiger partial charge in [-0.05, 0) is 88.5 Å². The molecule has 1 N–H and O–H groups in total. The van der Waals surface area contributed by atoms with E-state index >= 15 is 0 Å². The summed E-state index contributed by atoms with van der Waals surface area (Å²) >= 11 is 15.0. The molecule has 1 heterocycles. The van der Waals surface area contributed by atoms with Crippen LogP contribution in [0.3, 0.4) is 0 Å². The molecule has 0 spiro atoms. The number of hydrogen-bond acceptors (Lipinski definition) is 6. The fourth-order valence-electron chi connectivity index (χ4n) is 3.39. The molecule has 1 aliphatic rings. The van der Waals surface area contributed by atoms with Gasteiger partial charge in [0.05, 0.1) is 15.6 Å². The lowest BCUT2D eigenvalue weighted by molar-refractivity contribution is -0.127. The first-order valence-corrected chi connectivity index (χ1v) is 13.4. The van der Waals surface area contributed by atoms with Crippen molar-refractivity contribution in [2.45, 2.75) is 6.61 Å². The minimum atomic E-state index is -0.547. The van der Waals surface area contributed by atoms with Gasteiger partial charge in [-0.3, -0.25) is 19.3 Å². The molecule has 4 rings (SSSR count). The van der Waals surface area contributed by atoms with E-state index < -0.39 is 23.6 Å². The molecule has 7 nitrogen and oxygen atoms in total. The Morgan fingerprint density at radius 3 is 2.54 bits per heavy atom. The van der Waals surface area contributed by atoms with E-state index in [0.717, 1.165) is 25.8 Å². The standard InChI is InChI=1S/C26H19Cl2IN2O5S/c1-35-21-11-15(10-20(29)24(21)36-14-16-4-2-3-5-19(16)28)12-22-25(33)31(26(34)37-22)13-23(32)30-18-8-6-17(27)7-9-18/h2-12H,13-14H2,1H3,(H,30,32)/b22-12+. The quantitative estimate of drug-likeness (QED) is 0.209. The van der Waals surface area contributed by atoms with Crippen molar-refractivity contribution in [3.05, 3.63) is 90.3 Å². The summed E-state index contributed by atoms with van der Waals surface area (Å²) in [5.41, 5.74) is 1.98. The molecule has 0 saturated carbocycles. The van der Waals surface area contributed by atoms with Crippen LogP contribution >= 0.6 is 57.6 Å². The summed E-state index contributed by atoms with van der Waals surface area (Å²) in [4.78, 5) is 38.9. The Morgan fingerprint density at radius 2 is 1.84 bits per heavy atom. The number of ether oxygens (including phenoxy) is 2. The number of carbonyl (C=O) groups is 3. The van der Waals surface area contributed by atoms with Gasteiger partial charge in [-0.1, -0.05) is 41.4 Å². The van der Waals surface area contributed by atoms with E-state index in [0.29, 0.717) is 32.8 Å². The summed E-state index contributed by atoms with van der Waals surface area (Å²) in [5.74, 6) is -0.0460. The number of nitrogens with zero attached hydrogens (tertiary/aromatic N) is 1. The fraction of sp³-hybridized carbons (Fsp3) is 0.115. The first-order valence-electron chi connectivity index (χ1n) is 10.8. The van der Waals surface area contributed by atoms with E-state index in [1.54, 1.807) is 42.5 Å². The van der Waals surface area contributed by atoms with E-state index in [9.17, 15) is 14.4 Å². The van der Waals surface area contributed by atoms with Crippen molar-refractivity contribution in [2.24, 2.45) is 0 Å². The Bertz CT molecular complexity index is 1400. The third-order valence-electron chi connectivity index (χ3n) is 5.18. The molecule has 11 heteroatoms. The van der Waals surface area contributed by atoms with Crippen molar-refractivity contribution in [1.29, 1.82) is 0 Å². The number of halogens is 3. The van der Waals surface area contributed by atoms with Gasteiger partial charge in [0.2, 0.25) is 5.91 Å². The van der Waals surface area contributed by atoms with Crippen LogP contribution in [0.2, 0.25) is 10.0 Å². The van der Waals surface area contributed by atoms with Gasteiger partial charge in [0.15, 0.2) is 11.5 Å². The van der Waals surface area contributed by atoms with Gasteiger partial charge < -0.3 is 14.8 Å². The maximum absolute atomic E-state index is 12.9. The fourth-order valence-corrected chi connectivity index (χ4v) is 5.33. The van der Waals surface area contributed by atoms with E-state index in [-0.39, 0.29) is 11.5 Å². The predicted octanol–water partition coefficient (Wildman–Crippen LogP) is 6.86. The summed E-state index contributed by atoms with van der Waals surface area (Å²) < 4.78 is 12.2. The first kappa shape index (κ1) is 27.3. The Kier molecular flexibility index (Phi) is 9.01. The lowest BCUT2D eigenvalue weighted by atomic mass is 10.1. The Morgan fingerprint density at radius 1 is 1.11 bits per heavy atom. The van der Waals surface area contributed by atoms with Crippen LogP contribution in [0.4, 0.5) is 10.5 Å². The largest absolute Gasteiger partial charge is 0.493 e. The third kappa shape index (κ3) is 6.78. The lowest BCUT2D eigenvalue weighted by Gasteiger charge is -2.14. The van der Waals surface area contributed by atoms with Gasteiger partial charge in [0, 0.05) is 21.3 Å². The second-order valence-corrected chi connectivity index (χ2v) is 10.7. The maximum atomic E-state index is 12.9. The lowest BCUT2D eigenvalue weighted by Crippen LogP contribution is -2.36. The molecule has 1 aliphatic heterocycles. The minimum Gasteiger partial charge on any atom is -0.493 e. The summed E-state index contributed by atoms with van der Waals surface area (Å²) in [5, 5.41) is 3.25. The van der Waals surface area contributed by atoms with Crippen LogP contribution in [-0.2, 0) is 16.2 Å². The zero-order chi connectivity index (χ0) is 26.5. The Hall–Kier alpha value is -2.73. The Balaban J connectivity index is 1.47. The molecule has 3 aromatic carbocycles. The van der Waals surface area contributed by atoms with Gasteiger partial charge >= 0.3 is 0 Å². The van der Waals surface area contributed by atoms with Crippen LogP contribution in [0.1, 0.15) is 11.1 Å². The first-order chi connectivity index (χ1) is 17.7. The topological polar surface area (TPSA) is 84.9 Å². The van der Waals surface area contributed by atoms with Gasteiger partial charge in [-0.2, -0.15) is 0 Å². The summed E-state index contributed by atoms with van der Waals surface area (Å²) in [6, 6.07) is 17.4. The van der Waals surface area contributed by atoms with E-state index in [4.69, 9.17) is 32.7 Å². The number of imide groups is 1. The molecule has 3 amide bonds. The third-order valence-corrected chi connectivity index (χ3v) is 7.51. The van der Waals surface area contributed by atoms with Crippen LogP contribution in [0.15, 0.2) is 65.6 Å². The zero-order valence-electron chi connectivity index (χ0n) is 19.3. The number of thioether (sulfide) groups is 1. The van der Waals surface area contributed by atoms with Crippen molar-refractivity contribution in [2.75, 3.05) is 19.0 Å². The molecule has 1 fully saturated rings. The molecule has 0 atom stereocenters. The average molecular weight is 669 g/mol. The number of benzene rings is 3. The molecule has 190 valence electrons. The van der Waals surface area contributed by atoms with Gasteiger partial charge in [0.1, 0.15) is 13.2 Å². The molecule has 0 unspecified atom stereocenters. The molecule has 3 aromatic rings. The molecule has 37 heavy (non-hydrogen) atoms. The highest BCUT2D eigenvalue weighted by molar-refractivity contribution is 14.1. The summed E-state index contributed by atoms with van der Waals surface area (Å²) in [6.45, 7) is -0.150. The predicted molar refractivity (Wildman–Crippen MR) is 154 cm³/mol. The molecular formula is C26H19Cl2IN2O5S. The van der Waals surface area contributed by atoms with Crippen LogP contribution in [-0.4, -0.2) is 35.6 Å². The van der Waals surface area contributed by atoms with Crippen molar-refractivity contribution < 1.29 is 23.9 Å². The summed E-state index contributed by atoms with van der Waals surface area (Å²) in [7, 11) is 1.52. The summed E-state index contributed by atoms with van der Waals surface area (Å²) in [6.07, 6.45) is 1.59. The molecule has 0 aliphatic carbocycles. The van der Waals surface area contributed by atoms with Crippen molar-refractivity contribution in [3.8, 4) is 11.5 Å². The van der Waals surface area contributed by atoms with E-state index in [1.165, 1.54) is 7.11 Å². The molecule has 0 aromatic heterocycles. The molecule has 0 bridgehead atoms. The van der Waals surface area contributed by atoms with Crippen molar-refractivity contribution in [1.82, 2.24) is 4.90 Å². The highest BCUT2D eigenvalue weighted by Crippen LogP contribution is 2.38. The molecule has 0 radical (unpaired) electrons. The SMILES string of the molecule is COc1cc(/C=C2/SC(=O)N(CC(=O)Nc3ccc(Cl)cc3)C2=O)cc(I)c1OCc1ccccc1Cl. The number of nitrogens with one attached hydrogen (secondary N) is 1. The van der Waals surface area contributed by atoms with Crippen LogP contribution < -0.4 is 14.8 Å². The second-order valence-electron chi connectivity index (χ2n) is 7.74. The number of hydrogen-bond donors (Lipinski definition) is 1. The highest BCUT2D eigenvalue weighted by Gasteiger charge is 2.36. The second kappa shape index (κ2) is 12.2. The highest BCUT2D eigenvalue weighted by atomic mass is 127. The van der Waals surface area contributed by atoms with Gasteiger partial charge in [-0.25, -0.2) is 0 Å².